The monoisotopic (exact) mass is 270 g/mol. The molecule has 0 spiro atoms. The first kappa shape index (κ1) is 22.4. The van der Waals surface area contributed by atoms with Crippen LogP contribution in [0.25, 0.3) is 0 Å². The Hall–Kier alpha value is 1.69. The van der Waals surface area contributed by atoms with Crippen molar-refractivity contribution in [3.8, 4) is 0 Å². The van der Waals surface area contributed by atoms with Gasteiger partial charge in [-0.25, -0.2) is 0 Å². The van der Waals surface area contributed by atoms with Gasteiger partial charge in [0.15, 0.2) is 0 Å². The van der Waals surface area contributed by atoms with Crippen molar-refractivity contribution >= 4 is 23.1 Å². The zero-order valence-electron chi connectivity index (χ0n) is 5.90. The van der Waals surface area contributed by atoms with Crippen LogP contribution in [0, 0.1) is 5.92 Å². The second kappa shape index (κ2) is 16.3. The number of aliphatic hydroxyl groups excluding tert-OH is 1. The Labute approximate surface area is 94.3 Å². The topological polar surface area (TPSA) is 20.2 Å². The molecule has 1 nitrogen and oxygen atoms in total. The van der Waals surface area contributed by atoms with Gasteiger partial charge >= 0.3 is 23.1 Å². The molecule has 0 aromatic carbocycles. The van der Waals surface area contributed by atoms with Gasteiger partial charge in [0.25, 0.3) is 0 Å². The summed E-state index contributed by atoms with van der Waals surface area (Å²) in [5.41, 5.74) is 0. The van der Waals surface area contributed by atoms with Crippen LogP contribution in [-0.4, -0.2) is 34.8 Å². The summed E-state index contributed by atoms with van der Waals surface area (Å²) in [4.78, 5) is 0. The molecule has 0 aliphatic carbocycles. The SMILES string of the molecule is CCC(C)CO.[Br-].[Br-].[Mg+2]. The average Bonchev–Trinajstić information content (AvgIpc) is 1.65. The molecule has 0 aliphatic rings. The van der Waals surface area contributed by atoms with E-state index in [2.05, 4.69) is 6.92 Å². The molecule has 4 heteroatoms. The summed E-state index contributed by atoms with van der Waals surface area (Å²) in [5.74, 6) is 0.491. The van der Waals surface area contributed by atoms with Crippen molar-refractivity contribution < 1.29 is 39.1 Å². The molecule has 0 aromatic heterocycles. The average molecular weight is 272 g/mol. The predicted octanol–water partition coefficient (Wildman–Crippen LogP) is -5.35. The minimum Gasteiger partial charge on any atom is -1.00 e. The van der Waals surface area contributed by atoms with Crippen molar-refractivity contribution in [2.45, 2.75) is 20.3 Å². The summed E-state index contributed by atoms with van der Waals surface area (Å²) in [6.07, 6.45) is 1.08. The van der Waals surface area contributed by atoms with E-state index in [4.69, 9.17) is 5.11 Å². The molecule has 0 aromatic rings. The van der Waals surface area contributed by atoms with Crippen LogP contribution in [0.3, 0.4) is 0 Å². The van der Waals surface area contributed by atoms with E-state index < -0.39 is 0 Å². The van der Waals surface area contributed by atoms with Gasteiger partial charge in [-0.05, 0) is 5.92 Å². The van der Waals surface area contributed by atoms with E-state index in [1.807, 2.05) is 6.92 Å². The van der Waals surface area contributed by atoms with Gasteiger partial charge in [0, 0.05) is 6.61 Å². The number of rotatable bonds is 2. The summed E-state index contributed by atoms with van der Waals surface area (Å²) in [6.45, 7) is 4.43. The molecule has 54 valence electrons. The van der Waals surface area contributed by atoms with Crippen molar-refractivity contribution in [1.29, 1.82) is 0 Å². The number of halogens is 2. The molecule has 0 fully saturated rings. The fourth-order valence-corrected chi connectivity index (χ4v) is 0.129. The Kier molecular flexibility index (Phi) is 40.7. The summed E-state index contributed by atoms with van der Waals surface area (Å²) >= 11 is 0. The molecule has 0 heterocycles. The molecule has 0 saturated heterocycles. The zero-order valence-corrected chi connectivity index (χ0v) is 10.5. The van der Waals surface area contributed by atoms with E-state index in [9.17, 15) is 0 Å². The smallest absolute Gasteiger partial charge is 1.00 e. The van der Waals surface area contributed by atoms with Crippen LogP contribution in [0.2, 0.25) is 0 Å². The minimum atomic E-state index is 0. The maximum absolute atomic E-state index is 8.33. The largest absolute Gasteiger partial charge is 2.00 e. The van der Waals surface area contributed by atoms with Crippen LogP contribution in [0.4, 0.5) is 0 Å². The zero-order chi connectivity index (χ0) is 4.99. The first-order valence-corrected chi connectivity index (χ1v) is 2.42. The van der Waals surface area contributed by atoms with E-state index in [0.717, 1.165) is 6.42 Å². The van der Waals surface area contributed by atoms with E-state index >= 15 is 0 Å². The van der Waals surface area contributed by atoms with Crippen molar-refractivity contribution in [1.82, 2.24) is 0 Å². The molecule has 0 bridgehead atoms. The number of hydrogen-bond donors (Lipinski definition) is 1. The van der Waals surface area contributed by atoms with Gasteiger partial charge in [0.05, 0.1) is 0 Å². The number of hydrogen-bond acceptors (Lipinski definition) is 1. The normalized spacial score (nSPS) is 9.67. The standard InChI is InChI=1S/C5H12O.2BrH.Mg/c1-3-5(2)4-6;;;/h5-6H,3-4H2,1-2H3;2*1H;/q;;;+2/p-2. The number of aliphatic hydroxyl groups is 1. The van der Waals surface area contributed by atoms with E-state index in [1.165, 1.54) is 0 Å². The molecule has 1 N–H and O–H groups in total. The van der Waals surface area contributed by atoms with Crippen LogP contribution in [0.5, 0.6) is 0 Å². The van der Waals surface area contributed by atoms with Crippen molar-refractivity contribution in [2.24, 2.45) is 5.92 Å². The van der Waals surface area contributed by atoms with Gasteiger partial charge in [-0.2, -0.15) is 0 Å². The van der Waals surface area contributed by atoms with Crippen molar-refractivity contribution in [2.75, 3.05) is 6.61 Å². The molecule has 0 amide bonds. The third-order valence-electron chi connectivity index (χ3n) is 1.01. The molecule has 0 rings (SSSR count). The molecule has 1 unspecified atom stereocenters. The van der Waals surface area contributed by atoms with E-state index in [0.29, 0.717) is 12.5 Å². The van der Waals surface area contributed by atoms with Crippen LogP contribution in [0.1, 0.15) is 20.3 Å². The van der Waals surface area contributed by atoms with Gasteiger partial charge in [-0.1, -0.05) is 20.3 Å². The fraction of sp³-hybridized carbons (Fsp3) is 1.00. The Morgan fingerprint density at radius 1 is 1.33 bits per heavy atom. The molecule has 0 aliphatic heterocycles. The van der Waals surface area contributed by atoms with Crippen molar-refractivity contribution in [3.05, 3.63) is 0 Å². The van der Waals surface area contributed by atoms with E-state index in [-0.39, 0.29) is 57.0 Å². The summed E-state index contributed by atoms with van der Waals surface area (Å²) in [7, 11) is 0. The summed E-state index contributed by atoms with van der Waals surface area (Å²) in [5, 5.41) is 8.33. The fourth-order valence-electron chi connectivity index (χ4n) is 0.129. The Balaban J connectivity index is -0.0000000417. The van der Waals surface area contributed by atoms with Gasteiger partial charge in [-0.3, -0.25) is 0 Å². The molecular weight excluding hydrogens is 260 g/mol. The minimum absolute atomic E-state index is 0. The second-order valence-electron chi connectivity index (χ2n) is 1.70. The molecular formula is C5H12Br2MgO. The molecule has 0 saturated carbocycles. The van der Waals surface area contributed by atoms with E-state index in [1.54, 1.807) is 0 Å². The van der Waals surface area contributed by atoms with Gasteiger partial charge in [0.1, 0.15) is 0 Å². The first-order valence-electron chi connectivity index (χ1n) is 2.42. The van der Waals surface area contributed by atoms with Crippen LogP contribution in [-0.2, 0) is 0 Å². The Morgan fingerprint density at radius 2 is 1.67 bits per heavy atom. The van der Waals surface area contributed by atoms with Gasteiger partial charge in [-0.15, -0.1) is 0 Å². The van der Waals surface area contributed by atoms with Crippen LogP contribution in [0.15, 0.2) is 0 Å². The van der Waals surface area contributed by atoms with Crippen LogP contribution < -0.4 is 34.0 Å². The Bertz CT molecular complexity index is 34.1. The second-order valence-corrected chi connectivity index (χ2v) is 1.70. The summed E-state index contributed by atoms with van der Waals surface area (Å²) < 4.78 is 0. The Morgan fingerprint density at radius 3 is 1.67 bits per heavy atom. The van der Waals surface area contributed by atoms with Gasteiger partial charge < -0.3 is 39.1 Å². The molecule has 1 atom stereocenters. The maximum atomic E-state index is 8.33. The predicted molar refractivity (Wildman–Crippen MR) is 32.3 cm³/mol. The molecule has 0 radical (unpaired) electrons. The van der Waals surface area contributed by atoms with Crippen molar-refractivity contribution in [3.63, 3.8) is 0 Å². The van der Waals surface area contributed by atoms with Gasteiger partial charge in [0.2, 0.25) is 0 Å². The first-order chi connectivity index (χ1) is 2.81. The quantitative estimate of drug-likeness (QED) is 0.498. The van der Waals surface area contributed by atoms with Crippen LogP contribution >= 0.6 is 0 Å². The maximum Gasteiger partial charge on any atom is 2.00 e. The third kappa shape index (κ3) is 17.7. The molecule has 9 heavy (non-hydrogen) atoms. The third-order valence-corrected chi connectivity index (χ3v) is 1.01. The summed E-state index contributed by atoms with van der Waals surface area (Å²) in [6, 6.07) is 0.